The summed E-state index contributed by atoms with van der Waals surface area (Å²) in [6, 6.07) is 0. The van der Waals surface area contributed by atoms with Crippen LogP contribution in [0.3, 0.4) is 0 Å². The third-order valence-corrected chi connectivity index (χ3v) is 8.46. The molecule has 0 aromatic carbocycles. The number of rotatable bonds is 8. The molecule has 0 aliphatic carbocycles. The van der Waals surface area contributed by atoms with Gasteiger partial charge in [-0.15, -0.1) is 23.1 Å². The van der Waals surface area contributed by atoms with E-state index in [-0.39, 0.29) is 20.5 Å². The maximum atomic E-state index is 13.0. The van der Waals surface area contributed by atoms with Crippen LogP contribution in [0.15, 0.2) is 26.6 Å². The Morgan fingerprint density at radius 3 is 2.61 bits per heavy atom. The van der Waals surface area contributed by atoms with Gasteiger partial charge in [-0.05, 0) is 32.9 Å². The van der Waals surface area contributed by atoms with E-state index in [1.807, 2.05) is 19.1 Å². The topological polar surface area (TPSA) is 92.1 Å². The lowest BCUT2D eigenvalue weighted by Gasteiger charge is -2.14. The summed E-state index contributed by atoms with van der Waals surface area (Å²) in [4.78, 5) is 40.4. The maximum Gasteiger partial charge on any atom is 0.323 e. The van der Waals surface area contributed by atoms with Gasteiger partial charge < -0.3 is 14.7 Å². The molecule has 1 aromatic heterocycles. The molecule has 1 aromatic rings. The minimum Gasteiger partial charge on any atom is -0.492 e. The number of carbonyl (C=O) groups is 2. The highest BCUT2D eigenvalue weighted by atomic mass is 32.2. The van der Waals surface area contributed by atoms with Gasteiger partial charge in [0.2, 0.25) is 0 Å². The van der Waals surface area contributed by atoms with E-state index in [4.69, 9.17) is 22.1 Å². The van der Waals surface area contributed by atoms with Gasteiger partial charge in [0.25, 0.3) is 11.5 Å². The predicted octanol–water partition coefficient (Wildman–Crippen LogP) is 1.59. The van der Waals surface area contributed by atoms with Crippen molar-refractivity contribution in [1.82, 2.24) is 14.4 Å². The number of allylic oxidation sites excluding steroid dienone is 2. The number of thiazole rings is 1. The number of carbonyl (C=O) groups excluding carboxylic acids is 1. The number of hydrogen-bond donors (Lipinski definition) is 1. The fourth-order valence-electron chi connectivity index (χ4n) is 3.29. The lowest BCUT2D eigenvalue weighted by Crippen LogP contribution is -2.33. The zero-order valence-electron chi connectivity index (χ0n) is 18.5. The van der Waals surface area contributed by atoms with E-state index in [0.29, 0.717) is 22.3 Å². The number of thiocarbonyl (C=S) groups is 1. The van der Waals surface area contributed by atoms with Gasteiger partial charge in [-0.2, -0.15) is 0 Å². The summed E-state index contributed by atoms with van der Waals surface area (Å²) < 4.78 is 8.76. The van der Waals surface area contributed by atoms with Crippen LogP contribution in [0.5, 0.6) is 0 Å². The SMILES string of the molecule is CCOC(C=c1sc(=CC=C2SCCN2CC)c(=O)n1CC)=C1SC(=S)N(CC(=O)O)C1=O. The molecule has 178 valence electrons. The number of carboxylic acid groups (broad SMARTS) is 1. The molecule has 0 atom stereocenters. The van der Waals surface area contributed by atoms with Crippen molar-refractivity contribution in [1.29, 1.82) is 0 Å². The van der Waals surface area contributed by atoms with Crippen LogP contribution in [-0.4, -0.2) is 67.7 Å². The van der Waals surface area contributed by atoms with Crippen LogP contribution in [0.1, 0.15) is 20.8 Å². The van der Waals surface area contributed by atoms with Crippen LogP contribution in [0.2, 0.25) is 0 Å². The number of hydrogen-bond acceptors (Lipinski definition) is 9. The minimum absolute atomic E-state index is 0.106. The number of thioether (sulfide) groups is 2. The van der Waals surface area contributed by atoms with Gasteiger partial charge in [-0.25, -0.2) is 0 Å². The van der Waals surface area contributed by atoms with Gasteiger partial charge in [0.15, 0.2) is 0 Å². The van der Waals surface area contributed by atoms with E-state index >= 15 is 0 Å². The average Bonchev–Trinajstić information content (AvgIpc) is 3.43. The Morgan fingerprint density at radius 2 is 1.97 bits per heavy atom. The van der Waals surface area contributed by atoms with Crippen LogP contribution in [0.4, 0.5) is 0 Å². The maximum absolute atomic E-state index is 13.0. The van der Waals surface area contributed by atoms with Gasteiger partial charge in [-0.1, -0.05) is 24.0 Å². The molecule has 0 spiro atoms. The minimum atomic E-state index is -1.15. The molecule has 0 bridgehead atoms. The van der Waals surface area contributed by atoms with Gasteiger partial charge in [0.05, 0.1) is 16.2 Å². The molecule has 33 heavy (non-hydrogen) atoms. The Hall–Kier alpha value is -2.02. The standard InChI is InChI=1S/C21H25N3O5S4/c1-4-22-9-10-31-15(22)8-7-14-19(27)23(5-2)16(32-14)11-13(29-6-3)18-20(28)24(12-17(25)26)21(30)33-18/h7-8,11H,4-6,9-10,12H2,1-3H3,(H,25,26). The van der Waals surface area contributed by atoms with Crippen molar-refractivity contribution in [2.75, 3.05) is 32.0 Å². The van der Waals surface area contributed by atoms with Gasteiger partial charge in [-0.3, -0.25) is 23.9 Å². The van der Waals surface area contributed by atoms with Crippen LogP contribution in [0.25, 0.3) is 12.2 Å². The molecular formula is C21H25N3O5S4. The molecule has 0 radical (unpaired) electrons. The third kappa shape index (κ3) is 5.73. The summed E-state index contributed by atoms with van der Waals surface area (Å²) in [5.41, 5.74) is -0.106. The largest absolute Gasteiger partial charge is 0.492 e. The second-order valence-electron chi connectivity index (χ2n) is 6.88. The third-order valence-electron chi connectivity index (χ3n) is 4.86. The van der Waals surface area contributed by atoms with E-state index in [1.54, 1.807) is 29.3 Å². The summed E-state index contributed by atoms with van der Waals surface area (Å²) >= 11 is 9.29. The fraction of sp³-hybridized carbons (Fsp3) is 0.429. The number of aliphatic carboxylic acids is 1. The normalized spacial score (nSPS) is 20.5. The number of carboxylic acids is 1. The van der Waals surface area contributed by atoms with Gasteiger partial charge >= 0.3 is 5.97 Å². The van der Waals surface area contributed by atoms with E-state index < -0.39 is 18.4 Å². The summed E-state index contributed by atoms with van der Waals surface area (Å²) in [5, 5.41) is 10.2. The van der Waals surface area contributed by atoms with E-state index in [0.717, 1.165) is 40.5 Å². The van der Waals surface area contributed by atoms with Gasteiger partial charge in [0, 0.05) is 31.5 Å². The first kappa shape index (κ1) is 25.6. The molecule has 2 saturated heterocycles. The zero-order chi connectivity index (χ0) is 24.1. The highest BCUT2D eigenvalue weighted by Gasteiger charge is 2.36. The quantitative estimate of drug-likeness (QED) is 0.307. The second-order valence-corrected chi connectivity index (χ2v) is 10.7. The Labute approximate surface area is 209 Å². The van der Waals surface area contributed by atoms with Crippen molar-refractivity contribution in [2.24, 2.45) is 0 Å². The van der Waals surface area contributed by atoms with E-state index in [9.17, 15) is 14.4 Å². The molecule has 8 nitrogen and oxygen atoms in total. The van der Waals surface area contributed by atoms with Crippen molar-refractivity contribution in [3.05, 3.63) is 41.3 Å². The Balaban J connectivity index is 2.08. The van der Waals surface area contributed by atoms with Crippen LogP contribution in [0, 0.1) is 0 Å². The van der Waals surface area contributed by atoms with Crippen LogP contribution >= 0.6 is 47.1 Å². The average molecular weight is 528 g/mol. The molecule has 2 aliphatic heterocycles. The lowest BCUT2D eigenvalue weighted by atomic mass is 10.3. The first-order chi connectivity index (χ1) is 15.8. The Kier molecular flexibility index (Phi) is 8.85. The highest BCUT2D eigenvalue weighted by Crippen LogP contribution is 2.34. The molecule has 0 saturated carbocycles. The zero-order valence-corrected chi connectivity index (χ0v) is 21.8. The molecule has 1 N–H and O–H groups in total. The molecular weight excluding hydrogens is 503 g/mol. The number of aromatic nitrogens is 1. The first-order valence-corrected chi connectivity index (χ1v) is 13.5. The van der Waals surface area contributed by atoms with Gasteiger partial charge in [0.1, 0.15) is 26.2 Å². The number of ether oxygens (including phenoxy) is 1. The van der Waals surface area contributed by atoms with Crippen molar-refractivity contribution in [3.8, 4) is 0 Å². The number of nitrogens with zero attached hydrogens (tertiary/aromatic N) is 3. The number of amides is 1. The van der Waals surface area contributed by atoms with Crippen LogP contribution in [-0.2, 0) is 20.9 Å². The van der Waals surface area contributed by atoms with Crippen LogP contribution < -0.4 is 14.8 Å². The second kappa shape index (κ2) is 11.4. The fourth-order valence-corrected chi connectivity index (χ4v) is 6.67. The van der Waals surface area contributed by atoms with Crippen molar-refractivity contribution in [3.63, 3.8) is 0 Å². The molecule has 1 amide bonds. The predicted molar refractivity (Wildman–Crippen MR) is 138 cm³/mol. The molecule has 3 heterocycles. The molecule has 12 heteroatoms. The summed E-state index contributed by atoms with van der Waals surface area (Å²) in [6.45, 7) is 7.95. The lowest BCUT2D eigenvalue weighted by molar-refractivity contribution is -0.140. The van der Waals surface area contributed by atoms with E-state index in [1.165, 1.54) is 11.3 Å². The molecule has 0 unspecified atom stereocenters. The van der Waals surface area contributed by atoms with Crippen molar-refractivity contribution in [2.45, 2.75) is 27.3 Å². The smallest absolute Gasteiger partial charge is 0.323 e. The first-order valence-electron chi connectivity index (χ1n) is 10.4. The monoisotopic (exact) mass is 527 g/mol. The summed E-state index contributed by atoms with van der Waals surface area (Å²) in [7, 11) is 0. The molecule has 2 fully saturated rings. The highest BCUT2D eigenvalue weighted by molar-refractivity contribution is 8.26. The summed E-state index contributed by atoms with van der Waals surface area (Å²) in [6.07, 6.45) is 5.50. The van der Waals surface area contributed by atoms with Crippen molar-refractivity contribution >= 4 is 75.4 Å². The van der Waals surface area contributed by atoms with Crippen molar-refractivity contribution < 1.29 is 19.4 Å². The molecule has 3 rings (SSSR count). The summed E-state index contributed by atoms with van der Waals surface area (Å²) in [5.74, 6) is -0.347. The Bertz CT molecular complexity index is 1200. The Morgan fingerprint density at radius 1 is 1.21 bits per heavy atom. The van der Waals surface area contributed by atoms with E-state index in [2.05, 4.69) is 11.8 Å². The molecule has 2 aliphatic rings.